The quantitative estimate of drug-likeness (QED) is 0.875. The summed E-state index contributed by atoms with van der Waals surface area (Å²) in [5.41, 5.74) is 2.57. The maximum atomic E-state index is 6.47. The minimum Gasteiger partial charge on any atom is -0.370 e. The van der Waals surface area contributed by atoms with Gasteiger partial charge in [0.05, 0.1) is 10.7 Å². The molecule has 2 aliphatic heterocycles. The maximum Gasteiger partial charge on any atom is 0.0642 e. The van der Waals surface area contributed by atoms with Crippen LogP contribution in [0.15, 0.2) is 18.2 Å². The highest BCUT2D eigenvalue weighted by molar-refractivity contribution is 6.33. The van der Waals surface area contributed by atoms with E-state index in [-0.39, 0.29) is 0 Å². The Kier molecular flexibility index (Phi) is 3.76. The summed E-state index contributed by atoms with van der Waals surface area (Å²) < 4.78 is 0. The van der Waals surface area contributed by atoms with Gasteiger partial charge in [-0.25, -0.2) is 0 Å². The Balaban J connectivity index is 1.79. The van der Waals surface area contributed by atoms with Crippen molar-refractivity contribution in [3.63, 3.8) is 0 Å². The molecule has 1 N–H and O–H groups in total. The van der Waals surface area contributed by atoms with Gasteiger partial charge in [0, 0.05) is 19.1 Å². The van der Waals surface area contributed by atoms with Crippen LogP contribution in [0, 0.1) is 0 Å². The predicted molar refractivity (Wildman–Crippen MR) is 77.5 cm³/mol. The smallest absolute Gasteiger partial charge is 0.0642 e. The zero-order valence-corrected chi connectivity index (χ0v) is 11.5. The Hall–Kier alpha value is -0.730. The third kappa shape index (κ3) is 2.50. The lowest BCUT2D eigenvalue weighted by Gasteiger charge is -2.30. The van der Waals surface area contributed by atoms with Gasteiger partial charge < -0.3 is 10.2 Å². The lowest BCUT2D eigenvalue weighted by atomic mass is 10.0. The highest BCUT2D eigenvalue weighted by Crippen LogP contribution is 2.32. The Bertz CT molecular complexity index is 407. The molecule has 2 nitrogen and oxygen atoms in total. The van der Waals surface area contributed by atoms with Crippen molar-refractivity contribution in [3.05, 3.63) is 28.8 Å². The molecule has 3 rings (SSSR count). The van der Waals surface area contributed by atoms with Crippen molar-refractivity contribution < 1.29 is 0 Å². The molecule has 18 heavy (non-hydrogen) atoms. The van der Waals surface area contributed by atoms with Crippen molar-refractivity contribution in [2.45, 2.75) is 38.1 Å². The number of nitrogens with zero attached hydrogens (tertiary/aromatic N) is 1. The van der Waals surface area contributed by atoms with E-state index in [2.05, 4.69) is 28.4 Å². The minimum atomic E-state index is 0.512. The molecule has 2 aliphatic rings. The monoisotopic (exact) mass is 264 g/mol. The Labute approximate surface area is 114 Å². The van der Waals surface area contributed by atoms with Crippen molar-refractivity contribution in [3.8, 4) is 0 Å². The summed E-state index contributed by atoms with van der Waals surface area (Å²) in [6, 6.07) is 7.13. The molecule has 0 bridgehead atoms. The summed E-state index contributed by atoms with van der Waals surface area (Å²) in [5, 5.41) is 4.45. The molecule has 0 aromatic heterocycles. The van der Waals surface area contributed by atoms with Gasteiger partial charge in [0.1, 0.15) is 0 Å². The van der Waals surface area contributed by atoms with Crippen LogP contribution in [0.1, 0.15) is 43.7 Å². The first-order valence-electron chi connectivity index (χ1n) is 7.12. The van der Waals surface area contributed by atoms with Gasteiger partial charge in [-0.1, -0.05) is 17.7 Å². The average molecular weight is 265 g/mol. The van der Waals surface area contributed by atoms with E-state index in [4.69, 9.17) is 11.6 Å². The molecule has 2 fully saturated rings. The van der Waals surface area contributed by atoms with Gasteiger partial charge in [0.2, 0.25) is 0 Å². The first-order valence-corrected chi connectivity index (χ1v) is 7.50. The Morgan fingerprint density at radius 3 is 2.61 bits per heavy atom. The van der Waals surface area contributed by atoms with Crippen LogP contribution in [0.25, 0.3) is 0 Å². The van der Waals surface area contributed by atoms with Crippen LogP contribution in [-0.2, 0) is 0 Å². The number of piperidine rings is 1. The van der Waals surface area contributed by atoms with Crippen molar-refractivity contribution in [1.29, 1.82) is 0 Å². The third-order valence-corrected chi connectivity index (χ3v) is 4.43. The van der Waals surface area contributed by atoms with E-state index in [1.807, 2.05) is 0 Å². The second-order valence-corrected chi connectivity index (χ2v) is 5.81. The average Bonchev–Trinajstić information content (AvgIpc) is 2.93. The van der Waals surface area contributed by atoms with Crippen LogP contribution in [-0.4, -0.2) is 19.6 Å². The number of nitrogens with one attached hydrogen (secondary N) is 1. The van der Waals surface area contributed by atoms with Crippen molar-refractivity contribution >= 4 is 17.3 Å². The highest BCUT2D eigenvalue weighted by Gasteiger charge is 2.19. The summed E-state index contributed by atoms with van der Waals surface area (Å²) in [6.07, 6.45) is 6.46. The van der Waals surface area contributed by atoms with Crippen LogP contribution >= 0.6 is 11.6 Å². The Morgan fingerprint density at radius 1 is 1.11 bits per heavy atom. The second kappa shape index (κ2) is 5.50. The van der Waals surface area contributed by atoms with Gasteiger partial charge in [-0.15, -0.1) is 0 Å². The first kappa shape index (κ1) is 12.3. The van der Waals surface area contributed by atoms with Crippen LogP contribution in [0.2, 0.25) is 5.02 Å². The van der Waals surface area contributed by atoms with Crippen LogP contribution in [0.5, 0.6) is 0 Å². The molecule has 1 atom stereocenters. The van der Waals surface area contributed by atoms with Crippen molar-refractivity contribution in [2.75, 3.05) is 24.5 Å². The summed E-state index contributed by atoms with van der Waals surface area (Å²) in [5.74, 6) is 0. The molecule has 0 radical (unpaired) electrons. The Morgan fingerprint density at radius 2 is 1.94 bits per heavy atom. The summed E-state index contributed by atoms with van der Waals surface area (Å²) >= 11 is 6.47. The van der Waals surface area contributed by atoms with Gasteiger partial charge in [0.25, 0.3) is 0 Å². The zero-order chi connectivity index (χ0) is 12.4. The van der Waals surface area contributed by atoms with E-state index in [1.165, 1.54) is 43.4 Å². The van der Waals surface area contributed by atoms with Crippen LogP contribution in [0.3, 0.4) is 0 Å². The van der Waals surface area contributed by atoms with E-state index in [1.54, 1.807) is 0 Å². The van der Waals surface area contributed by atoms with Gasteiger partial charge in [0.15, 0.2) is 0 Å². The number of benzene rings is 1. The van der Waals surface area contributed by atoms with Gasteiger partial charge in [-0.2, -0.15) is 0 Å². The summed E-state index contributed by atoms with van der Waals surface area (Å²) in [6.45, 7) is 3.44. The summed E-state index contributed by atoms with van der Waals surface area (Å²) in [7, 11) is 0. The molecule has 3 heteroatoms. The summed E-state index contributed by atoms with van der Waals surface area (Å²) in [4.78, 5) is 2.43. The van der Waals surface area contributed by atoms with E-state index >= 15 is 0 Å². The molecule has 1 unspecified atom stereocenters. The highest BCUT2D eigenvalue weighted by atomic mass is 35.5. The molecule has 0 saturated carbocycles. The number of anilines is 1. The van der Waals surface area contributed by atoms with E-state index in [9.17, 15) is 0 Å². The fourth-order valence-corrected chi connectivity index (χ4v) is 3.41. The molecular weight excluding hydrogens is 244 g/mol. The molecular formula is C15H21ClN2. The molecule has 2 heterocycles. The van der Waals surface area contributed by atoms with E-state index in [0.29, 0.717) is 6.04 Å². The van der Waals surface area contributed by atoms with E-state index in [0.717, 1.165) is 24.7 Å². The predicted octanol–water partition coefficient (Wildman–Crippen LogP) is 3.75. The number of hydrogen-bond acceptors (Lipinski definition) is 2. The van der Waals surface area contributed by atoms with Gasteiger partial charge in [-0.05, 0) is 56.3 Å². The lowest BCUT2D eigenvalue weighted by Crippen LogP contribution is -2.29. The molecule has 1 aromatic carbocycles. The normalized spacial score (nSPS) is 24.5. The second-order valence-electron chi connectivity index (χ2n) is 5.41. The van der Waals surface area contributed by atoms with Crippen LogP contribution < -0.4 is 10.2 Å². The lowest BCUT2D eigenvalue weighted by molar-refractivity contribution is 0.577. The zero-order valence-electron chi connectivity index (χ0n) is 10.8. The minimum absolute atomic E-state index is 0.512. The standard InChI is InChI=1S/C15H21ClN2/c16-13-11-12(14-5-4-8-17-14)6-7-15(13)18-9-2-1-3-10-18/h6-7,11,14,17H,1-5,8-10H2. The molecule has 2 saturated heterocycles. The third-order valence-electron chi connectivity index (χ3n) is 4.13. The van der Waals surface area contributed by atoms with Gasteiger partial charge in [-0.3, -0.25) is 0 Å². The fraction of sp³-hybridized carbons (Fsp3) is 0.600. The first-order chi connectivity index (χ1) is 8.84. The molecule has 1 aromatic rings. The number of halogens is 1. The fourth-order valence-electron chi connectivity index (χ4n) is 3.10. The van der Waals surface area contributed by atoms with Crippen LogP contribution in [0.4, 0.5) is 5.69 Å². The van der Waals surface area contributed by atoms with E-state index < -0.39 is 0 Å². The van der Waals surface area contributed by atoms with Crippen molar-refractivity contribution in [1.82, 2.24) is 5.32 Å². The largest absolute Gasteiger partial charge is 0.370 e. The molecule has 98 valence electrons. The van der Waals surface area contributed by atoms with Crippen molar-refractivity contribution in [2.24, 2.45) is 0 Å². The maximum absolute atomic E-state index is 6.47. The number of rotatable bonds is 2. The number of hydrogen-bond donors (Lipinski definition) is 1. The molecule has 0 amide bonds. The van der Waals surface area contributed by atoms with Gasteiger partial charge >= 0.3 is 0 Å². The topological polar surface area (TPSA) is 15.3 Å². The molecule has 0 aliphatic carbocycles. The SMILES string of the molecule is Clc1cc(C2CCCN2)ccc1N1CCCCC1. The molecule has 0 spiro atoms.